The number of amides is 2. The summed E-state index contributed by atoms with van der Waals surface area (Å²) < 4.78 is 5.11. The first-order valence-electron chi connectivity index (χ1n) is 8.66. The van der Waals surface area contributed by atoms with Gasteiger partial charge in [-0.25, -0.2) is 0 Å². The first-order chi connectivity index (χ1) is 13.0. The van der Waals surface area contributed by atoms with Gasteiger partial charge in [0.25, 0.3) is 5.91 Å². The maximum Gasteiger partial charge on any atom is 0.253 e. The Morgan fingerprint density at radius 2 is 1.63 bits per heavy atom. The number of anilines is 1. The second-order valence-corrected chi connectivity index (χ2v) is 7.32. The molecular weight excluding hydrogens is 387 g/mol. The second-order valence-electron chi connectivity index (χ2n) is 6.44. The molecule has 0 radical (unpaired) electrons. The number of hydrogen-bond donors (Lipinski definition) is 1. The van der Waals surface area contributed by atoms with Crippen molar-refractivity contribution in [1.29, 1.82) is 0 Å². The molecule has 1 saturated heterocycles. The van der Waals surface area contributed by atoms with E-state index in [1.165, 1.54) is 0 Å². The van der Waals surface area contributed by atoms with Crippen molar-refractivity contribution in [2.75, 3.05) is 25.5 Å². The molecule has 0 unspecified atom stereocenters. The predicted molar refractivity (Wildman–Crippen MR) is 107 cm³/mol. The van der Waals surface area contributed by atoms with Crippen molar-refractivity contribution in [3.05, 3.63) is 58.1 Å². The van der Waals surface area contributed by atoms with Crippen LogP contribution in [-0.4, -0.2) is 36.9 Å². The first kappa shape index (κ1) is 19.5. The zero-order valence-electron chi connectivity index (χ0n) is 14.9. The molecule has 2 aromatic carbocycles. The van der Waals surface area contributed by atoms with E-state index >= 15 is 0 Å². The Hall–Kier alpha value is -2.24. The quantitative estimate of drug-likeness (QED) is 0.813. The largest absolute Gasteiger partial charge is 0.497 e. The minimum Gasteiger partial charge on any atom is -0.497 e. The molecule has 2 aromatic rings. The van der Waals surface area contributed by atoms with Gasteiger partial charge >= 0.3 is 0 Å². The van der Waals surface area contributed by atoms with Crippen molar-refractivity contribution in [2.45, 2.75) is 12.8 Å². The van der Waals surface area contributed by atoms with Crippen LogP contribution in [0.4, 0.5) is 5.69 Å². The highest BCUT2D eigenvalue weighted by atomic mass is 35.5. The summed E-state index contributed by atoms with van der Waals surface area (Å²) in [5, 5.41) is 3.80. The number of halogens is 2. The summed E-state index contributed by atoms with van der Waals surface area (Å²) in [6, 6.07) is 12.0. The van der Waals surface area contributed by atoms with Crippen LogP contribution in [0.25, 0.3) is 0 Å². The molecule has 0 bridgehead atoms. The lowest BCUT2D eigenvalue weighted by molar-refractivity contribution is -0.121. The molecule has 0 spiro atoms. The van der Waals surface area contributed by atoms with Crippen LogP contribution >= 0.6 is 23.2 Å². The van der Waals surface area contributed by atoms with Crippen LogP contribution in [0.3, 0.4) is 0 Å². The maximum absolute atomic E-state index is 12.6. The maximum atomic E-state index is 12.6. The summed E-state index contributed by atoms with van der Waals surface area (Å²) in [4.78, 5) is 26.9. The van der Waals surface area contributed by atoms with Gasteiger partial charge in [-0.15, -0.1) is 0 Å². The molecule has 0 saturated carbocycles. The second kappa shape index (κ2) is 8.63. The normalized spacial score (nSPS) is 14.7. The molecule has 7 heteroatoms. The Morgan fingerprint density at radius 1 is 1.04 bits per heavy atom. The van der Waals surface area contributed by atoms with Crippen molar-refractivity contribution < 1.29 is 14.3 Å². The van der Waals surface area contributed by atoms with Gasteiger partial charge in [-0.05, 0) is 55.3 Å². The van der Waals surface area contributed by atoms with Gasteiger partial charge in [0.2, 0.25) is 5.91 Å². The highest BCUT2D eigenvalue weighted by molar-refractivity contribution is 6.35. The van der Waals surface area contributed by atoms with Crippen LogP contribution in [0.2, 0.25) is 10.0 Å². The number of ether oxygens (including phenoxy) is 1. The minimum atomic E-state index is -0.150. The summed E-state index contributed by atoms with van der Waals surface area (Å²) in [6.45, 7) is 1.08. The number of nitrogens with one attached hydrogen (secondary N) is 1. The zero-order valence-corrected chi connectivity index (χ0v) is 16.4. The molecule has 0 aromatic heterocycles. The van der Waals surface area contributed by atoms with Crippen molar-refractivity contribution in [3.63, 3.8) is 0 Å². The molecular formula is C20H20Cl2N2O3. The highest BCUT2D eigenvalue weighted by Crippen LogP contribution is 2.25. The third kappa shape index (κ3) is 4.93. The number of methoxy groups -OCH3 is 1. The lowest BCUT2D eigenvalue weighted by atomic mass is 9.95. The van der Waals surface area contributed by atoms with Crippen LogP contribution in [0.5, 0.6) is 5.75 Å². The Labute approximate surface area is 168 Å². The standard InChI is InChI=1S/C20H20Cl2N2O3/c1-27-18-4-2-14(3-5-18)20(26)24-8-6-13(7-9-24)19(25)23-17-11-15(21)10-16(22)12-17/h2-5,10-13H,6-9H2,1H3,(H,23,25). The van der Waals surface area contributed by atoms with E-state index in [4.69, 9.17) is 27.9 Å². The van der Waals surface area contributed by atoms with Gasteiger partial charge in [0.15, 0.2) is 0 Å². The average Bonchev–Trinajstić information content (AvgIpc) is 2.67. The summed E-state index contributed by atoms with van der Waals surface area (Å²) in [5.41, 5.74) is 1.20. The number of carbonyl (C=O) groups is 2. The molecule has 1 aliphatic heterocycles. The van der Waals surface area contributed by atoms with E-state index in [9.17, 15) is 9.59 Å². The Bertz CT molecular complexity index is 811. The summed E-state index contributed by atoms with van der Waals surface area (Å²) in [5.74, 6) is 0.453. The monoisotopic (exact) mass is 406 g/mol. The van der Waals surface area contributed by atoms with Crippen LogP contribution in [0.1, 0.15) is 23.2 Å². The molecule has 0 aliphatic carbocycles. The number of carbonyl (C=O) groups excluding carboxylic acids is 2. The van der Waals surface area contributed by atoms with Crippen LogP contribution in [0, 0.1) is 5.92 Å². The number of piperidine rings is 1. The zero-order chi connectivity index (χ0) is 19.4. The third-order valence-electron chi connectivity index (χ3n) is 4.62. The molecule has 1 heterocycles. The lowest BCUT2D eigenvalue weighted by Gasteiger charge is -2.31. The van der Waals surface area contributed by atoms with Gasteiger partial charge < -0.3 is 15.0 Å². The highest BCUT2D eigenvalue weighted by Gasteiger charge is 2.28. The first-order valence-corrected chi connectivity index (χ1v) is 9.42. The van der Waals surface area contributed by atoms with Gasteiger partial charge in [0.1, 0.15) is 5.75 Å². The molecule has 142 valence electrons. The van der Waals surface area contributed by atoms with E-state index in [0.29, 0.717) is 53.0 Å². The van der Waals surface area contributed by atoms with E-state index in [1.54, 1.807) is 54.5 Å². The molecule has 5 nitrogen and oxygen atoms in total. The van der Waals surface area contributed by atoms with E-state index in [2.05, 4.69) is 5.32 Å². The molecule has 2 amide bonds. The van der Waals surface area contributed by atoms with Crippen molar-refractivity contribution in [2.24, 2.45) is 5.92 Å². The minimum absolute atomic E-state index is 0.0295. The summed E-state index contributed by atoms with van der Waals surface area (Å²) in [7, 11) is 1.59. The van der Waals surface area contributed by atoms with Gasteiger partial charge in [-0.2, -0.15) is 0 Å². The fraction of sp³-hybridized carbons (Fsp3) is 0.300. The Balaban J connectivity index is 1.56. The van der Waals surface area contributed by atoms with E-state index in [0.717, 1.165) is 0 Å². The van der Waals surface area contributed by atoms with Crippen LogP contribution in [0.15, 0.2) is 42.5 Å². The Kier molecular flexibility index (Phi) is 6.24. The average molecular weight is 407 g/mol. The van der Waals surface area contributed by atoms with E-state index in [1.807, 2.05) is 0 Å². The number of nitrogens with zero attached hydrogens (tertiary/aromatic N) is 1. The predicted octanol–water partition coefficient (Wildman–Crippen LogP) is 4.49. The van der Waals surface area contributed by atoms with Crippen molar-refractivity contribution in [3.8, 4) is 5.75 Å². The molecule has 1 fully saturated rings. The number of rotatable bonds is 4. The van der Waals surface area contributed by atoms with E-state index < -0.39 is 0 Å². The number of benzene rings is 2. The number of hydrogen-bond acceptors (Lipinski definition) is 3. The van der Waals surface area contributed by atoms with Gasteiger partial charge in [0.05, 0.1) is 7.11 Å². The molecule has 27 heavy (non-hydrogen) atoms. The van der Waals surface area contributed by atoms with Gasteiger partial charge in [0, 0.05) is 40.3 Å². The fourth-order valence-electron chi connectivity index (χ4n) is 3.13. The molecule has 3 rings (SSSR count). The fourth-order valence-corrected chi connectivity index (χ4v) is 3.66. The smallest absolute Gasteiger partial charge is 0.253 e. The summed E-state index contributed by atoms with van der Waals surface area (Å²) in [6.07, 6.45) is 1.23. The topological polar surface area (TPSA) is 58.6 Å². The van der Waals surface area contributed by atoms with Crippen LogP contribution < -0.4 is 10.1 Å². The Morgan fingerprint density at radius 3 is 2.19 bits per heavy atom. The number of likely N-dealkylation sites (tertiary alicyclic amines) is 1. The SMILES string of the molecule is COc1ccc(C(=O)N2CCC(C(=O)Nc3cc(Cl)cc(Cl)c3)CC2)cc1. The van der Waals surface area contributed by atoms with Gasteiger partial charge in [-0.3, -0.25) is 9.59 Å². The van der Waals surface area contributed by atoms with Crippen molar-refractivity contribution in [1.82, 2.24) is 4.90 Å². The van der Waals surface area contributed by atoms with Gasteiger partial charge in [-0.1, -0.05) is 23.2 Å². The lowest BCUT2D eigenvalue weighted by Crippen LogP contribution is -2.41. The molecule has 1 N–H and O–H groups in total. The molecule has 0 atom stereocenters. The molecule has 1 aliphatic rings. The van der Waals surface area contributed by atoms with E-state index in [-0.39, 0.29) is 17.7 Å². The third-order valence-corrected chi connectivity index (χ3v) is 5.06. The van der Waals surface area contributed by atoms with Crippen LogP contribution in [-0.2, 0) is 4.79 Å². The summed E-state index contributed by atoms with van der Waals surface area (Å²) >= 11 is 11.9. The van der Waals surface area contributed by atoms with Crippen molar-refractivity contribution >= 4 is 40.7 Å².